The van der Waals surface area contributed by atoms with Crippen LogP contribution in [0.15, 0.2) is 106 Å². The molecule has 2 heterocycles. The molecule has 7 heteroatoms. The number of methoxy groups -OCH3 is 1. The molecule has 4 aromatic rings. The number of ether oxygens (including phenoxy) is 3. The van der Waals surface area contributed by atoms with E-state index in [1.807, 2.05) is 49.4 Å². The Morgan fingerprint density at radius 2 is 1.83 bits per heavy atom. The van der Waals surface area contributed by atoms with E-state index in [0.717, 1.165) is 28.2 Å². The van der Waals surface area contributed by atoms with E-state index in [1.54, 1.807) is 56.5 Å². The van der Waals surface area contributed by atoms with Crippen molar-refractivity contribution >= 4 is 34.9 Å². The molecule has 7 nitrogen and oxygen atoms in total. The largest absolute Gasteiger partial charge is 0.496 e. The fraction of sp³-hybridized carbons (Fsp3) is 0.171. The molecule has 0 saturated carbocycles. The molecule has 2 atom stereocenters. The van der Waals surface area contributed by atoms with Crippen LogP contribution in [0.2, 0.25) is 0 Å². The number of aldehydes is 1. The molecular weight excluding hydrogens is 532 g/mol. The van der Waals surface area contributed by atoms with Crippen molar-refractivity contribution in [3.63, 3.8) is 0 Å². The lowest BCUT2D eigenvalue weighted by molar-refractivity contribution is -0.139. The third-order valence-corrected chi connectivity index (χ3v) is 7.65. The standard InChI is InChI=1S/C35H28O7/c1-4-40-35(38)30-20(2)16-28-32(33(30)31-25-11-6-5-9-22(25)12-14-27(31)39-3)34(37)29(42-28)18-24-13-15-26(41-24)23-10-7-8-21(17-23)19-36/h5-19,32-33H,4H2,1-3H3/b29-18-. The number of esters is 1. The Bertz CT molecular complexity index is 1830. The van der Waals surface area contributed by atoms with E-state index in [2.05, 4.69) is 0 Å². The van der Waals surface area contributed by atoms with Crippen LogP contribution in [0.5, 0.6) is 5.75 Å². The molecule has 0 N–H and O–H groups in total. The first-order valence-corrected chi connectivity index (χ1v) is 13.7. The Balaban J connectivity index is 1.45. The quantitative estimate of drug-likeness (QED) is 0.136. The first kappa shape index (κ1) is 27.0. The van der Waals surface area contributed by atoms with Gasteiger partial charge in [0.2, 0.25) is 5.78 Å². The van der Waals surface area contributed by atoms with Crippen LogP contribution in [0.3, 0.4) is 0 Å². The second-order valence-corrected chi connectivity index (χ2v) is 10.1. The van der Waals surface area contributed by atoms with Crippen LogP contribution in [0.4, 0.5) is 0 Å². The van der Waals surface area contributed by atoms with Crippen LogP contribution < -0.4 is 4.74 Å². The van der Waals surface area contributed by atoms with E-state index in [1.165, 1.54) is 0 Å². The zero-order chi connectivity index (χ0) is 29.4. The second-order valence-electron chi connectivity index (χ2n) is 10.1. The van der Waals surface area contributed by atoms with Gasteiger partial charge in [-0.2, -0.15) is 0 Å². The highest BCUT2D eigenvalue weighted by atomic mass is 16.5. The molecule has 0 bridgehead atoms. The van der Waals surface area contributed by atoms with E-state index in [4.69, 9.17) is 18.6 Å². The lowest BCUT2D eigenvalue weighted by Crippen LogP contribution is -2.29. The molecule has 2 unspecified atom stereocenters. The smallest absolute Gasteiger partial charge is 0.334 e. The van der Waals surface area contributed by atoms with E-state index in [9.17, 15) is 14.4 Å². The summed E-state index contributed by atoms with van der Waals surface area (Å²) in [5.74, 6) is -0.197. The number of ketones is 1. The first-order valence-electron chi connectivity index (χ1n) is 13.7. The Labute approximate surface area is 242 Å². The molecule has 1 saturated heterocycles. The maximum Gasteiger partial charge on any atom is 0.334 e. The van der Waals surface area contributed by atoms with Gasteiger partial charge in [0.05, 0.1) is 19.6 Å². The van der Waals surface area contributed by atoms with Gasteiger partial charge >= 0.3 is 5.97 Å². The molecule has 1 aliphatic heterocycles. The van der Waals surface area contributed by atoms with Crippen molar-refractivity contribution in [1.29, 1.82) is 0 Å². The van der Waals surface area contributed by atoms with E-state index in [-0.39, 0.29) is 18.1 Å². The number of benzene rings is 3. The average Bonchev–Trinajstić information content (AvgIpc) is 3.60. The summed E-state index contributed by atoms with van der Waals surface area (Å²) in [6, 6.07) is 22.2. The number of hydrogen-bond acceptors (Lipinski definition) is 7. The fourth-order valence-corrected chi connectivity index (χ4v) is 5.82. The molecule has 1 fully saturated rings. The van der Waals surface area contributed by atoms with Crippen molar-refractivity contribution < 1.29 is 33.0 Å². The van der Waals surface area contributed by atoms with E-state index < -0.39 is 17.8 Å². The van der Waals surface area contributed by atoms with Crippen molar-refractivity contribution in [2.45, 2.75) is 19.8 Å². The number of carbonyl (C=O) groups is 3. The second kappa shape index (κ2) is 11.0. The monoisotopic (exact) mass is 560 g/mol. The van der Waals surface area contributed by atoms with Crippen LogP contribution in [0.1, 0.15) is 41.4 Å². The van der Waals surface area contributed by atoms with Crippen molar-refractivity contribution in [3.8, 4) is 17.1 Å². The van der Waals surface area contributed by atoms with Gasteiger partial charge in [-0.1, -0.05) is 48.5 Å². The molecule has 0 spiro atoms. The summed E-state index contributed by atoms with van der Waals surface area (Å²) < 4.78 is 23.5. The van der Waals surface area contributed by atoms with Crippen LogP contribution in [-0.2, 0) is 19.1 Å². The minimum atomic E-state index is -0.808. The van der Waals surface area contributed by atoms with Crippen molar-refractivity contribution in [2.75, 3.05) is 13.7 Å². The van der Waals surface area contributed by atoms with Crippen LogP contribution in [0, 0.1) is 5.92 Å². The van der Waals surface area contributed by atoms with Gasteiger partial charge < -0.3 is 18.6 Å². The normalized spacial score (nSPS) is 19.0. The van der Waals surface area contributed by atoms with Gasteiger partial charge in [0.25, 0.3) is 0 Å². The number of fused-ring (bicyclic) bond motifs is 2. The summed E-state index contributed by atoms with van der Waals surface area (Å²) in [6.07, 6.45) is 4.07. The Kier molecular flexibility index (Phi) is 7.08. The number of carbonyl (C=O) groups excluding carboxylic acids is 3. The number of allylic oxidation sites excluding steroid dienone is 4. The van der Waals surface area contributed by atoms with Crippen molar-refractivity contribution in [2.24, 2.45) is 5.92 Å². The van der Waals surface area contributed by atoms with Gasteiger partial charge in [-0.3, -0.25) is 9.59 Å². The van der Waals surface area contributed by atoms with Crippen LogP contribution in [0.25, 0.3) is 28.2 Å². The zero-order valence-corrected chi connectivity index (χ0v) is 23.4. The highest BCUT2D eigenvalue weighted by Gasteiger charge is 2.49. The maximum atomic E-state index is 14.1. The molecule has 42 heavy (non-hydrogen) atoms. The predicted octanol–water partition coefficient (Wildman–Crippen LogP) is 7.04. The summed E-state index contributed by atoms with van der Waals surface area (Å²) in [6.45, 7) is 3.77. The highest BCUT2D eigenvalue weighted by molar-refractivity contribution is 6.07. The maximum absolute atomic E-state index is 14.1. The Hall–Kier alpha value is -5.17. The van der Waals surface area contributed by atoms with Gasteiger partial charge in [0.1, 0.15) is 29.3 Å². The lowest BCUT2D eigenvalue weighted by Gasteiger charge is -2.30. The summed E-state index contributed by atoms with van der Waals surface area (Å²) in [5.41, 5.74) is 3.05. The minimum absolute atomic E-state index is 0.107. The first-order chi connectivity index (χ1) is 20.4. The van der Waals surface area contributed by atoms with Gasteiger partial charge in [-0.25, -0.2) is 4.79 Å². The topological polar surface area (TPSA) is 92.0 Å². The molecule has 0 radical (unpaired) electrons. The predicted molar refractivity (Wildman–Crippen MR) is 158 cm³/mol. The van der Waals surface area contributed by atoms with Crippen molar-refractivity contribution in [3.05, 3.63) is 118 Å². The Morgan fingerprint density at radius 3 is 2.62 bits per heavy atom. The number of rotatable bonds is 7. The minimum Gasteiger partial charge on any atom is -0.496 e. The van der Waals surface area contributed by atoms with Gasteiger partial charge in [0, 0.05) is 34.3 Å². The highest BCUT2D eigenvalue weighted by Crippen LogP contribution is 2.52. The van der Waals surface area contributed by atoms with Gasteiger partial charge in [-0.05, 0) is 60.5 Å². The van der Waals surface area contributed by atoms with E-state index in [0.29, 0.717) is 39.7 Å². The number of furan rings is 1. The number of Topliss-reactive ketones (excluding diaryl/α,β-unsaturated/α-hetero) is 1. The summed E-state index contributed by atoms with van der Waals surface area (Å²) in [4.78, 5) is 38.8. The molecule has 1 aromatic heterocycles. The average molecular weight is 561 g/mol. The molecular formula is C35H28O7. The lowest BCUT2D eigenvalue weighted by atomic mass is 9.71. The fourth-order valence-electron chi connectivity index (χ4n) is 5.82. The van der Waals surface area contributed by atoms with Crippen LogP contribution in [-0.4, -0.2) is 31.8 Å². The summed E-state index contributed by atoms with van der Waals surface area (Å²) >= 11 is 0. The summed E-state index contributed by atoms with van der Waals surface area (Å²) in [5, 5.41) is 1.82. The van der Waals surface area contributed by atoms with Crippen LogP contribution >= 0.6 is 0 Å². The SMILES string of the molecule is CCOC(=O)C1=C(C)C=C2O/C(=C\c3ccc(-c4cccc(C=O)c4)o3)C(=O)C2C1c1c(OC)ccc2ccccc12. The Morgan fingerprint density at radius 1 is 1.00 bits per heavy atom. The molecule has 1 aliphatic carbocycles. The molecule has 6 rings (SSSR count). The van der Waals surface area contributed by atoms with Gasteiger partial charge in [0.15, 0.2) is 5.76 Å². The van der Waals surface area contributed by atoms with Gasteiger partial charge in [-0.15, -0.1) is 0 Å². The van der Waals surface area contributed by atoms with Crippen molar-refractivity contribution in [1.82, 2.24) is 0 Å². The molecule has 2 aliphatic rings. The zero-order valence-electron chi connectivity index (χ0n) is 23.4. The molecule has 3 aromatic carbocycles. The molecule has 0 amide bonds. The third kappa shape index (κ3) is 4.63. The molecule has 210 valence electrons. The summed E-state index contributed by atoms with van der Waals surface area (Å²) in [7, 11) is 1.57. The number of hydrogen-bond donors (Lipinski definition) is 0. The third-order valence-electron chi connectivity index (χ3n) is 7.65. The van der Waals surface area contributed by atoms with E-state index >= 15 is 0 Å².